The first-order valence-electron chi connectivity index (χ1n) is 7.09. The van der Waals surface area contributed by atoms with Gasteiger partial charge in [-0.3, -0.25) is 0 Å². The number of rotatable bonds is 4. The predicted octanol–water partition coefficient (Wildman–Crippen LogP) is 5.06. The van der Waals surface area contributed by atoms with Crippen molar-refractivity contribution in [3.63, 3.8) is 0 Å². The Morgan fingerprint density at radius 2 is 1.60 bits per heavy atom. The monoisotopic (exact) mass is 270 g/mol. The summed E-state index contributed by atoms with van der Waals surface area (Å²) in [6, 6.07) is 9.70. The van der Waals surface area contributed by atoms with Gasteiger partial charge in [-0.1, -0.05) is 25.5 Å². The highest BCUT2D eigenvalue weighted by atomic mass is 16.5. The molecule has 0 atom stereocenters. The van der Waals surface area contributed by atoms with Crippen molar-refractivity contribution in [2.24, 2.45) is 0 Å². The molecule has 0 aromatic heterocycles. The third-order valence-corrected chi connectivity index (χ3v) is 3.45. The molecule has 0 saturated heterocycles. The number of aromatic hydroxyl groups is 1. The van der Waals surface area contributed by atoms with Gasteiger partial charge in [0.25, 0.3) is 0 Å². The minimum absolute atomic E-state index is 0.295. The number of ether oxygens (including phenoxy) is 1. The molecule has 1 N–H and O–H groups in total. The standard InChI is InChI=1S/C18H22O2/c1-5-6-15-9-13(3)18(14(4)10-15)20-16-7-8-17(19)12(2)11-16/h7-11,19H,5-6H2,1-4H3. The highest BCUT2D eigenvalue weighted by molar-refractivity contribution is 5.47. The first-order chi connectivity index (χ1) is 9.51. The minimum Gasteiger partial charge on any atom is -0.508 e. The van der Waals surface area contributed by atoms with Gasteiger partial charge in [0.05, 0.1) is 0 Å². The topological polar surface area (TPSA) is 29.5 Å². The maximum absolute atomic E-state index is 9.56. The Balaban J connectivity index is 2.31. The summed E-state index contributed by atoms with van der Waals surface area (Å²) in [5.41, 5.74) is 4.48. The zero-order valence-electron chi connectivity index (χ0n) is 12.7. The van der Waals surface area contributed by atoms with Crippen molar-refractivity contribution in [1.29, 1.82) is 0 Å². The van der Waals surface area contributed by atoms with Crippen LogP contribution in [0.2, 0.25) is 0 Å². The van der Waals surface area contributed by atoms with E-state index in [0.29, 0.717) is 5.75 Å². The number of phenolic OH excluding ortho intramolecular Hbond substituents is 1. The molecule has 2 aromatic carbocycles. The van der Waals surface area contributed by atoms with Crippen LogP contribution in [0.15, 0.2) is 30.3 Å². The zero-order valence-corrected chi connectivity index (χ0v) is 12.7. The normalized spacial score (nSPS) is 10.6. The first kappa shape index (κ1) is 14.4. The lowest BCUT2D eigenvalue weighted by atomic mass is 10.0. The van der Waals surface area contributed by atoms with Gasteiger partial charge in [-0.05, 0) is 67.6 Å². The van der Waals surface area contributed by atoms with E-state index < -0.39 is 0 Å². The van der Waals surface area contributed by atoms with Gasteiger partial charge in [-0.25, -0.2) is 0 Å². The molecular formula is C18H22O2. The molecule has 0 radical (unpaired) electrons. The fourth-order valence-corrected chi connectivity index (χ4v) is 2.44. The first-order valence-corrected chi connectivity index (χ1v) is 7.09. The highest BCUT2D eigenvalue weighted by Crippen LogP contribution is 2.32. The largest absolute Gasteiger partial charge is 0.508 e. The summed E-state index contributed by atoms with van der Waals surface area (Å²) in [5, 5.41) is 9.56. The zero-order chi connectivity index (χ0) is 14.7. The Bertz CT molecular complexity index is 592. The van der Waals surface area contributed by atoms with Crippen molar-refractivity contribution >= 4 is 0 Å². The van der Waals surface area contributed by atoms with E-state index in [9.17, 15) is 5.11 Å². The molecule has 2 nitrogen and oxygen atoms in total. The molecule has 0 aliphatic heterocycles. The number of hydrogen-bond donors (Lipinski definition) is 1. The van der Waals surface area contributed by atoms with E-state index in [4.69, 9.17) is 4.74 Å². The van der Waals surface area contributed by atoms with E-state index in [1.807, 2.05) is 13.0 Å². The van der Waals surface area contributed by atoms with Crippen LogP contribution in [-0.4, -0.2) is 5.11 Å². The van der Waals surface area contributed by atoms with Crippen molar-refractivity contribution < 1.29 is 9.84 Å². The van der Waals surface area contributed by atoms with E-state index in [0.717, 1.165) is 41.0 Å². The maximum Gasteiger partial charge on any atom is 0.133 e. The smallest absolute Gasteiger partial charge is 0.133 e. The molecular weight excluding hydrogens is 248 g/mol. The summed E-state index contributed by atoms with van der Waals surface area (Å²) in [4.78, 5) is 0. The second-order valence-electron chi connectivity index (χ2n) is 5.36. The summed E-state index contributed by atoms with van der Waals surface area (Å²) < 4.78 is 6.00. The SMILES string of the molecule is CCCc1cc(C)c(Oc2ccc(O)c(C)c2)c(C)c1. The molecule has 0 saturated carbocycles. The fourth-order valence-electron chi connectivity index (χ4n) is 2.44. The van der Waals surface area contributed by atoms with Crippen LogP contribution in [0.4, 0.5) is 0 Å². The van der Waals surface area contributed by atoms with Crippen molar-refractivity contribution in [3.05, 3.63) is 52.6 Å². The molecule has 0 aliphatic rings. The van der Waals surface area contributed by atoms with Gasteiger partial charge in [0, 0.05) is 0 Å². The molecule has 2 heteroatoms. The second-order valence-corrected chi connectivity index (χ2v) is 5.36. The van der Waals surface area contributed by atoms with E-state index in [1.54, 1.807) is 12.1 Å². The average molecular weight is 270 g/mol. The number of hydrogen-bond acceptors (Lipinski definition) is 2. The van der Waals surface area contributed by atoms with E-state index in [2.05, 4.69) is 32.9 Å². The van der Waals surface area contributed by atoms with Crippen LogP contribution in [0, 0.1) is 20.8 Å². The highest BCUT2D eigenvalue weighted by Gasteiger charge is 2.08. The van der Waals surface area contributed by atoms with Crippen LogP contribution in [0.1, 0.15) is 35.6 Å². The van der Waals surface area contributed by atoms with Gasteiger partial charge in [-0.15, -0.1) is 0 Å². The summed E-state index contributed by atoms with van der Waals surface area (Å²) >= 11 is 0. The van der Waals surface area contributed by atoms with Gasteiger partial charge in [-0.2, -0.15) is 0 Å². The number of aryl methyl sites for hydroxylation is 4. The molecule has 0 bridgehead atoms. The predicted molar refractivity (Wildman–Crippen MR) is 82.8 cm³/mol. The molecule has 0 aliphatic carbocycles. The summed E-state index contributed by atoms with van der Waals surface area (Å²) in [5.74, 6) is 1.97. The van der Waals surface area contributed by atoms with Crippen LogP contribution >= 0.6 is 0 Å². The van der Waals surface area contributed by atoms with Crippen LogP contribution < -0.4 is 4.74 Å². The van der Waals surface area contributed by atoms with E-state index in [1.165, 1.54) is 5.56 Å². The van der Waals surface area contributed by atoms with Gasteiger partial charge < -0.3 is 9.84 Å². The Morgan fingerprint density at radius 1 is 0.950 bits per heavy atom. The number of benzene rings is 2. The molecule has 0 unspecified atom stereocenters. The second kappa shape index (κ2) is 6.00. The van der Waals surface area contributed by atoms with Crippen LogP contribution in [0.5, 0.6) is 17.2 Å². The van der Waals surface area contributed by atoms with Crippen LogP contribution in [0.3, 0.4) is 0 Å². The van der Waals surface area contributed by atoms with Crippen molar-refractivity contribution in [1.82, 2.24) is 0 Å². The van der Waals surface area contributed by atoms with Gasteiger partial charge >= 0.3 is 0 Å². The molecule has 106 valence electrons. The lowest BCUT2D eigenvalue weighted by molar-refractivity contribution is 0.458. The molecule has 0 amide bonds. The quantitative estimate of drug-likeness (QED) is 0.841. The Kier molecular flexibility index (Phi) is 4.33. The van der Waals surface area contributed by atoms with Crippen molar-refractivity contribution in [2.45, 2.75) is 40.5 Å². The van der Waals surface area contributed by atoms with Crippen LogP contribution in [-0.2, 0) is 6.42 Å². The van der Waals surface area contributed by atoms with E-state index >= 15 is 0 Å². The third-order valence-electron chi connectivity index (χ3n) is 3.45. The molecule has 2 rings (SSSR count). The average Bonchev–Trinajstić information content (AvgIpc) is 2.38. The number of phenols is 1. The summed E-state index contributed by atoms with van der Waals surface area (Å²) in [6.07, 6.45) is 2.25. The maximum atomic E-state index is 9.56. The lowest BCUT2D eigenvalue weighted by Gasteiger charge is -2.14. The van der Waals surface area contributed by atoms with Gasteiger partial charge in [0.15, 0.2) is 0 Å². The summed E-state index contributed by atoms with van der Waals surface area (Å²) in [6.45, 7) is 8.21. The third kappa shape index (κ3) is 3.13. The van der Waals surface area contributed by atoms with Gasteiger partial charge in [0.1, 0.15) is 17.2 Å². The minimum atomic E-state index is 0.295. The summed E-state index contributed by atoms with van der Waals surface area (Å²) in [7, 11) is 0. The Hall–Kier alpha value is -1.96. The Labute approximate surface area is 121 Å². The Morgan fingerprint density at radius 3 is 2.15 bits per heavy atom. The molecule has 0 spiro atoms. The van der Waals surface area contributed by atoms with Crippen molar-refractivity contribution in [2.75, 3.05) is 0 Å². The van der Waals surface area contributed by atoms with Crippen molar-refractivity contribution in [3.8, 4) is 17.2 Å². The molecule has 0 fully saturated rings. The van der Waals surface area contributed by atoms with E-state index in [-0.39, 0.29) is 0 Å². The fraction of sp³-hybridized carbons (Fsp3) is 0.333. The van der Waals surface area contributed by atoms with Gasteiger partial charge in [0.2, 0.25) is 0 Å². The molecule has 2 aromatic rings. The van der Waals surface area contributed by atoms with Crippen LogP contribution in [0.25, 0.3) is 0 Å². The molecule has 20 heavy (non-hydrogen) atoms. The molecule has 0 heterocycles. The lowest BCUT2D eigenvalue weighted by Crippen LogP contribution is -1.94.